The van der Waals surface area contributed by atoms with Crippen LogP contribution in [0.15, 0.2) is 36.7 Å². The zero-order valence-corrected chi connectivity index (χ0v) is 12.6. The number of aryl methyl sites for hydroxylation is 2. The molecule has 0 saturated heterocycles. The Hall–Kier alpha value is -2.03. The highest BCUT2D eigenvalue weighted by molar-refractivity contribution is 5.97. The van der Waals surface area contributed by atoms with Crippen LogP contribution in [-0.4, -0.2) is 17.0 Å². The molecule has 110 valence electrons. The van der Waals surface area contributed by atoms with E-state index in [1.54, 1.807) is 0 Å². The van der Waals surface area contributed by atoms with E-state index in [4.69, 9.17) is 4.74 Å². The van der Waals surface area contributed by atoms with Gasteiger partial charge in [-0.25, -0.2) is 0 Å². The fourth-order valence-corrected chi connectivity index (χ4v) is 2.71. The van der Waals surface area contributed by atoms with E-state index < -0.39 is 0 Å². The zero-order chi connectivity index (χ0) is 14.8. The summed E-state index contributed by atoms with van der Waals surface area (Å²) >= 11 is 0. The van der Waals surface area contributed by atoms with Gasteiger partial charge in [0, 0.05) is 36.8 Å². The molecule has 0 spiro atoms. The Bertz CT molecular complexity index is 655. The molecular formula is C18H21NO2. The van der Waals surface area contributed by atoms with Gasteiger partial charge in [0.15, 0.2) is 5.78 Å². The number of Topliss-reactive ketones (excluding diaryl/α,β-unsaturated/α-hetero) is 1. The number of aromatic nitrogens is 1. The smallest absolute Gasteiger partial charge is 0.166 e. The Morgan fingerprint density at radius 1 is 1.33 bits per heavy atom. The van der Waals surface area contributed by atoms with Crippen LogP contribution in [0.3, 0.4) is 0 Å². The second-order valence-electron chi connectivity index (χ2n) is 5.95. The maximum atomic E-state index is 11.9. The van der Waals surface area contributed by atoms with Crippen LogP contribution in [0.5, 0.6) is 5.75 Å². The average Bonchev–Trinajstić information content (AvgIpc) is 3.12. The van der Waals surface area contributed by atoms with Crippen molar-refractivity contribution in [3.63, 3.8) is 0 Å². The summed E-state index contributed by atoms with van der Waals surface area (Å²) < 4.78 is 7.62. The van der Waals surface area contributed by atoms with E-state index in [-0.39, 0.29) is 11.7 Å². The molecule has 21 heavy (non-hydrogen) atoms. The van der Waals surface area contributed by atoms with Crippen molar-refractivity contribution in [3.8, 4) is 5.75 Å². The third-order valence-corrected chi connectivity index (χ3v) is 3.97. The summed E-state index contributed by atoms with van der Waals surface area (Å²) in [6, 6.07) is 8.36. The molecule has 3 rings (SSSR count). The van der Waals surface area contributed by atoms with Gasteiger partial charge in [0.05, 0.1) is 6.61 Å². The van der Waals surface area contributed by atoms with Gasteiger partial charge < -0.3 is 9.30 Å². The van der Waals surface area contributed by atoms with Crippen LogP contribution < -0.4 is 4.74 Å². The fourth-order valence-electron chi connectivity index (χ4n) is 2.71. The molecule has 0 fully saturated rings. The molecule has 1 aromatic heterocycles. The quantitative estimate of drug-likeness (QED) is 0.786. The Kier molecular flexibility index (Phi) is 3.82. The molecule has 2 aromatic rings. The lowest BCUT2D eigenvalue weighted by molar-refractivity contribution is 0.0939. The molecule has 1 aliphatic rings. The number of carbonyl (C=O) groups excluding carboxylic acids is 1. The van der Waals surface area contributed by atoms with Crippen LogP contribution >= 0.6 is 0 Å². The number of carbonyl (C=O) groups is 1. The Morgan fingerprint density at radius 2 is 2.19 bits per heavy atom. The summed E-state index contributed by atoms with van der Waals surface area (Å²) in [7, 11) is 0. The van der Waals surface area contributed by atoms with E-state index >= 15 is 0 Å². The number of fused-ring (bicyclic) bond motifs is 1. The lowest BCUT2D eigenvalue weighted by Gasteiger charge is -2.06. The highest BCUT2D eigenvalue weighted by Gasteiger charge is 2.13. The summed E-state index contributed by atoms with van der Waals surface area (Å²) in [4.78, 5) is 11.9. The topological polar surface area (TPSA) is 31.2 Å². The molecule has 0 atom stereocenters. The maximum Gasteiger partial charge on any atom is 0.166 e. The zero-order valence-electron chi connectivity index (χ0n) is 12.6. The van der Waals surface area contributed by atoms with Gasteiger partial charge in [-0.1, -0.05) is 26.0 Å². The van der Waals surface area contributed by atoms with E-state index in [9.17, 15) is 4.79 Å². The minimum Gasteiger partial charge on any atom is -0.493 e. The molecule has 0 bridgehead atoms. The maximum absolute atomic E-state index is 11.9. The van der Waals surface area contributed by atoms with Gasteiger partial charge >= 0.3 is 0 Å². The van der Waals surface area contributed by atoms with E-state index in [1.165, 1.54) is 11.1 Å². The molecule has 0 saturated carbocycles. The van der Waals surface area contributed by atoms with Gasteiger partial charge in [-0.15, -0.1) is 0 Å². The van der Waals surface area contributed by atoms with E-state index in [1.807, 2.05) is 32.3 Å². The lowest BCUT2D eigenvalue weighted by atomic mass is 10.0. The van der Waals surface area contributed by atoms with Crippen molar-refractivity contribution in [2.24, 2.45) is 5.92 Å². The first kappa shape index (κ1) is 13.9. The Balaban J connectivity index is 1.64. The van der Waals surface area contributed by atoms with Gasteiger partial charge in [0.25, 0.3) is 0 Å². The van der Waals surface area contributed by atoms with Crippen molar-refractivity contribution < 1.29 is 9.53 Å². The average molecular weight is 283 g/mol. The molecule has 3 heteroatoms. The number of hydrogen-bond donors (Lipinski definition) is 0. The molecule has 0 N–H and O–H groups in total. The highest BCUT2D eigenvalue weighted by Crippen LogP contribution is 2.26. The predicted octanol–water partition coefficient (Wildman–Crippen LogP) is 3.50. The number of ketones is 1. The summed E-state index contributed by atoms with van der Waals surface area (Å²) in [6.45, 7) is 5.57. The van der Waals surface area contributed by atoms with E-state index in [0.29, 0.717) is 0 Å². The molecule has 0 amide bonds. The molecule has 0 aliphatic carbocycles. The van der Waals surface area contributed by atoms with Gasteiger partial charge in [0.1, 0.15) is 5.75 Å². The number of nitrogens with zero attached hydrogens (tertiary/aromatic N) is 1. The van der Waals surface area contributed by atoms with E-state index in [2.05, 4.69) is 22.8 Å². The normalized spacial score (nSPS) is 13.3. The van der Waals surface area contributed by atoms with Crippen molar-refractivity contribution in [2.75, 3.05) is 6.61 Å². The number of rotatable bonds is 5. The van der Waals surface area contributed by atoms with Crippen molar-refractivity contribution in [2.45, 2.75) is 33.2 Å². The number of hydrogen-bond acceptors (Lipinski definition) is 2. The summed E-state index contributed by atoms with van der Waals surface area (Å²) in [5.74, 6) is 1.30. The van der Waals surface area contributed by atoms with Crippen LogP contribution in [0.1, 0.15) is 35.3 Å². The second kappa shape index (κ2) is 5.76. The van der Waals surface area contributed by atoms with Crippen LogP contribution in [0.4, 0.5) is 0 Å². The van der Waals surface area contributed by atoms with Crippen molar-refractivity contribution in [3.05, 3.63) is 53.3 Å². The molecule has 0 unspecified atom stereocenters. The molecular weight excluding hydrogens is 262 g/mol. The first-order valence-electron chi connectivity index (χ1n) is 7.58. The second-order valence-corrected chi connectivity index (χ2v) is 5.95. The van der Waals surface area contributed by atoms with Crippen molar-refractivity contribution in [1.29, 1.82) is 0 Å². The third-order valence-electron chi connectivity index (χ3n) is 3.97. The molecule has 1 aliphatic heterocycles. The molecule has 1 aromatic carbocycles. The van der Waals surface area contributed by atoms with Gasteiger partial charge in [-0.05, 0) is 29.7 Å². The van der Waals surface area contributed by atoms with Gasteiger partial charge in [0.2, 0.25) is 0 Å². The largest absolute Gasteiger partial charge is 0.493 e. The third kappa shape index (κ3) is 3.02. The molecule has 0 radical (unpaired) electrons. The predicted molar refractivity (Wildman–Crippen MR) is 82.9 cm³/mol. The monoisotopic (exact) mass is 283 g/mol. The standard InChI is InChI=1S/C18H21NO2/c1-13(2)18(20)16-6-9-19(12-16)8-5-14-3-4-17-15(11-14)7-10-21-17/h3-4,6,9,11-13H,5,7-8,10H2,1-2H3. The van der Waals surface area contributed by atoms with Crippen LogP contribution in [0.25, 0.3) is 0 Å². The highest BCUT2D eigenvalue weighted by atomic mass is 16.5. The van der Waals surface area contributed by atoms with Gasteiger partial charge in [-0.3, -0.25) is 4.79 Å². The van der Waals surface area contributed by atoms with Crippen LogP contribution in [0, 0.1) is 5.92 Å². The van der Waals surface area contributed by atoms with Crippen molar-refractivity contribution >= 4 is 5.78 Å². The van der Waals surface area contributed by atoms with Crippen molar-refractivity contribution in [1.82, 2.24) is 4.57 Å². The Morgan fingerprint density at radius 3 is 3.00 bits per heavy atom. The Labute approximate surface area is 125 Å². The number of benzene rings is 1. The molecule has 3 nitrogen and oxygen atoms in total. The van der Waals surface area contributed by atoms with E-state index in [0.717, 1.165) is 37.3 Å². The van der Waals surface area contributed by atoms with Gasteiger partial charge in [-0.2, -0.15) is 0 Å². The first-order chi connectivity index (χ1) is 10.1. The fraction of sp³-hybridized carbons (Fsp3) is 0.389. The summed E-state index contributed by atoms with van der Waals surface area (Å²) in [6.07, 6.45) is 5.93. The SMILES string of the molecule is CC(C)C(=O)c1ccn(CCc2ccc3c(c2)CCO3)c1. The number of ether oxygens (including phenoxy) is 1. The first-order valence-corrected chi connectivity index (χ1v) is 7.58. The minimum atomic E-state index is 0.0533. The van der Waals surface area contributed by atoms with Crippen LogP contribution in [0.2, 0.25) is 0 Å². The molecule has 2 heterocycles. The minimum absolute atomic E-state index is 0.0533. The van der Waals surface area contributed by atoms with Crippen LogP contribution in [-0.2, 0) is 19.4 Å². The summed E-state index contributed by atoms with van der Waals surface area (Å²) in [5, 5.41) is 0. The summed E-state index contributed by atoms with van der Waals surface area (Å²) in [5.41, 5.74) is 3.45. The lowest BCUT2D eigenvalue weighted by Crippen LogP contribution is -2.06.